The summed E-state index contributed by atoms with van der Waals surface area (Å²) in [7, 11) is 0. The zero-order chi connectivity index (χ0) is 43.3. The van der Waals surface area contributed by atoms with Gasteiger partial charge in [0, 0.05) is 56.6 Å². The van der Waals surface area contributed by atoms with Crippen LogP contribution in [0.2, 0.25) is 0 Å². The minimum Gasteiger partial charge on any atom is -0.337 e. The molecule has 1 aliphatic heterocycles. The highest BCUT2D eigenvalue weighted by atomic mass is 15.1. The van der Waals surface area contributed by atoms with E-state index >= 15 is 0 Å². The van der Waals surface area contributed by atoms with Gasteiger partial charge in [0.05, 0.1) is 22.4 Å². The molecule has 0 fully saturated rings. The molecule has 3 heterocycles. The minimum absolute atomic E-state index is 0.677. The molecular weight excluding hydrogens is 789 g/mol. The number of allylic oxidation sites excluding steroid dienone is 4. The Balaban J connectivity index is 0.967. The van der Waals surface area contributed by atoms with Crippen molar-refractivity contribution < 1.29 is 0 Å². The fraction of sp³-hybridized carbons (Fsp3) is 0.0164. The second-order valence-electron chi connectivity index (χ2n) is 16.6. The Kier molecular flexibility index (Phi) is 9.35. The molecule has 2 aromatic heterocycles. The van der Waals surface area contributed by atoms with Crippen LogP contribution < -0.4 is 4.90 Å². The maximum Gasteiger partial charge on any atom is 0.160 e. The van der Waals surface area contributed by atoms with Crippen molar-refractivity contribution in [1.82, 2.24) is 14.5 Å². The zero-order valence-electron chi connectivity index (χ0n) is 35.6. The molecule has 0 spiro atoms. The first-order chi connectivity index (χ1) is 32.1. The van der Waals surface area contributed by atoms with Gasteiger partial charge in [-0.2, -0.15) is 0 Å². The van der Waals surface area contributed by atoms with Crippen molar-refractivity contribution in [3.63, 3.8) is 0 Å². The second kappa shape index (κ2) is 15.9. The third-order valence-electron chi connectivity index (χ3n) is 12.8. The Labute approximate surface area is 378 Å². The van der Waals surface area contributed by atoms with Crippen LogP contribution in [0, 0.1) is 0 Å². The predicted octanol–water partition coefficient (Wildman–Crippen LogP) is 15.8. The topological polar surface area (TPSA) is 34.0 Å². The van der Waals surface area contributed by atoms with Crippen molar-refractivity contribution in [3.05, 3.63) is 243 Å². The van der Waals surface area contributed by atoms with Crippen LogP contribution in [-0.2, 0) is 0 Å². The molecule has 0 aliphatic carbocycles. The molecule has 12 rings (SSSR count). The van der Waals surface area contributed by atoms with Gasteiger partial charge in [-0.05, 0) is 92.8 Å². The smallest absolute Gasteiger partial charge is 0.160 e. The van der Waals surface area contributed by atoms with Crippen molar-refractivity contribution in [2.24, 2.45) is 0 Å². The minimum atomic E-state index is 0.677. The largest absolute Gasteiger partial charge is 0.337 e. The predicted molar refractivity (Wildman–Crippen MR) is 274 cm³/mol. The number of fused-ring (bicyclic) bond motifs is 6. The van der Waals surface area contributed by atoms with Crippen LogP contribution in [-0.4, -0.2) is 21.1 Å². The van der Waals surface area contributed by atoms with Gasteiger partial charge in [-0.3, -0.25) is 0 Å². The van der Waals surface area contributed by atoms with Crippen LogP contribution in [0.3, 0.4) is 0 Å². The lowest BCUT2D eigenvalue weighted by atomic mass is 9.95. The van der Waals surface area contributed by atoms with Crippen LogP contribution in [0.4, 0.5) is 11.4 Å². The average Bonchev–Trinajstić information content (AvgIpc) is 3.74. The summed E-state index contributed by atoms with van der Waals surface area (Å²) in [6.07, 6.45) is 8.52. The summed E-state index contributed by atoms with van der Waals surface area (Å²) in [5, 5.41) is 7.16. The van der Waals surface area contributed by atoms with Gasteiger partial charge in [0.1, 0.15) is 0 Å². The molecule has 11 aromatic rings. The lowest BCUT2D eigenvalue weighted by Crippen LogP contribution is -2.18. The lowest BCUT2D eigenvalue weighted by Gasteiger charge is -2.27. The van der Waals surface area contributed by atoms with Gasteiger partial charge in [-0.25, -0.2) is 9.97 Å². The number of rotatable bonds is 6. The van der Waals surface area contributed by atoms with E-state index in [4.69, 9.17) is 9.97 Å². The van der Waals surface area contributed by atoms with E-state index in [2.05, 4.69) is 247 Å². The van der Waals surface area contributed by atoms with Gasteiger partial charge >= 0.3 is 0 Å². The Morgan fingerprint density at radius 2 is 0.969 bits per heavy atom. The first kappa shape index (κ1) is 38.1. The summed E-state index contributed by atoms with van der Waals surface area (Å²) in [5.74, 6) is 0.677. The first-order valence-corrected chi connectivity index (χ1v) is 22.1. The van der Waals surface area contributed by atoms with Crippen LogP contribution in [0.5, 0.6) is 0 Å². The molecule has 0 saturated carbocycles. The van der Waals surface area contributed by atoms with E-state index in [0.29, 0.717) is 12.4 Å². The molecule has 4 heteroatoms. The number of para-hydroxylation sites is 2. The maximum atomic E-state index is 5.33. The Morgan fingerprint density at radius 1 is 0.415 bits per heavy atom. The third kappa shape index (κ3) is 6.80. The van der Waals surface area contributed by atoms with Crippen molar-refractivity contribution >= 4 is 60.3 Å². The number of anilines is 2. The fourth-order valence-electron chi connectivity index (χ4n) is 9.65. The van der Waals surface area contributed by atoms with Crippen molar-refractivity contribution in [1.29, 1.82) is 0 Å². The highest BCUT2D eigenvalue weighted by molar-refractivity contribution is 6.09. The summed E-state index contributed by atoms with van der Waals surface area (Å²) in [6, 6.07) is 73.7. The summed E-state index contributed by atoms with van der Waals surface area (Å²) in [4.78, 5) is 13.1. The number of hydrogen-bond acceptors (Lipinski definition) is 3. The molecule has 306 valence electrons. The second-order valence-corrected chi connectivity index (χ2v) is 16.6. The first-order valence-electron chi connectivity index (χ1n) is 22.1. The highest BCUT2D eigenvalue weighted by Gasteiger charge is 2.20. The number of nitrogens with zero attached hydrogens (tertiary/aromatic N) is 4. The maximum absolute atomic E-state index is 5.33. The average molecular weight is 831 g/mol. The van der Waals surface area contributed by atoms with Crippen LogP contribution >= 0.6 is 0 Å². The molecule has 9 aromatic carbocycles. The molecule has 65 heavy (non-hydrogen) atoms. The monoisotopic (exact) mass is 830 g/mol. The van der Waals surface area contributed by atoms with E-state index in [1.165, 1.54) is 32.6 Å². The highest BCUT2D eigenvalue weighted by Crippen LogP contribution is 2.40. The van der Waals surface area contributed by atoms with Crippen molar-refractivity contribution in [2.45, 2.75) is 0 Å². The van der Waals surface area contributed by atoms with Gasteiger partial charge in [0.25, 0.3) is 0 Å². The van der Waals surface area contributed by atoms with Crippen LogP contribution in [0.1, 0.15) is 5.56 Å². The molecule has 0 saturated heterocycles. The molecule has 0 bridgehead atoms. The van der Waals surface area contributed by atoms with Crippen LogP contribution in [0.25, 0.3) is 99.6 Å². The summed E-state index contributed by atoms with van der Waals surface area (Å²) >= 11 is 0. The Morgan fingerprint density at radius 3 is 1.66 bits per heavy atom. The number of hydrogen-bond donors (Lipinski definition) is 0. The standard InChI is InChI=1S/C61H42N4/c1-41-17-3-2-12-36-64(47-24-16-25-48(39-47)65-59-32-10-8-28-53(59)54-29-9-11-33-60(54)65)58-35-34-45(38-55(41)58)44-22-13-23-46(37-44)61-62-56(51-30-14-20-42-18-4-6-26-49(42)51)40-57(63-61)52-31-15-21-43-19-5-7-27-50(43)52/h2-35,37-40H,1,36H2/b12-2-,17-3-. The zero-order valence-corrected chi connectivity index (χ0v) is 35.6. The molecular formula is C61H42N4. The SMILES string of the molecule is C=C1/C=C\C=C/CN(c2cccc(-n3c4ccccc4c4ccccc43)c2)c2ccc(-c3cccc(-c4nc(-c5cccc6ccccc56)cc(-c5cccc6ccccc56)n4)c3)cc21. The molecule has 0 N–H and O–H groups in total. The Hall–Kier alpha value is -8.60. The molecule has 0 amide bonds. The van der Waals surface area contributed by atoms with E-state index in [1.54, 1.807) is 0 Å². The van der Waals surface area contributed by atoms with E-state index in [-0.39, 0.29) is 0 Å². The van der Waals surface area contributed by atoms with Gasteiger partial charge in [-0.1, -0.05) is 183 Å². The lowest BCUT2D eigenvalue weighted by molar-refractivity contribution is 1.08. The third-order valence-corrected chi connectivity index (χ3v) is 12.8. The molecule has 4 nitrogen and oxygen atoms in total. The van der Waals surface area contributed by atoms with Gasteiger partial charge in [0.2, 0.25) is 0 Å². The van der Waals surface area contributed by atoms with E-state index < -0.39 is 0 Å². The molecule has 0 unspecified atom stereocenters. The van der Waals surface area contributed by atoms with Crippen LogP contribution in [0.15, 0.2) is 237 Å². The Bertz CT molecular complexity index is 3580. The fourth-order valence-corrected chi connectivity index (χ4v) is 9.65. The van der Waals surface area contributed by atoms with Gasteiger partial charge in [-0.15, -0.1) is 0 Å². The van der Waals surface area contributed by atoms with Gasteiger partial charge in [0.15, 0.2) is 5.82 Å². The summed E-state index contributed by atoms with van der Waals surface area (Å²) in [6.45, 7) is 5.30. The van der Waals surface area contributed by atoms with Crippen molar-refractivity contribution in [3.8, 4) is 50.7 Å². The van der Waals surface area contributed by atoms with Gasteiger partial charge < -0.3 is 9.47 Å². The summed E-state index contributed by atoms with van der Waals surface area (Å²) in [5.41, 5.74) is 14.7. The molecule has 0 atom stereocenters. The molecule has 0 radical (unpaired) electrons. The van der Waals surface area contributed by atoms with Crippen molar-refractivity contribution in [2.75, 3.05) is 11.4 Å². The number of aromatic nitrogens is 3. The van der Waals surface area contributed by atoms with E-state index in [9.17, 15) is 0 Å². The quantitative estimate of drug-likeness (QED) is 0.167. The normalized spacial score (nSPS) is 13.7. The number of benzene rings is 9. The van der Waals surface area contributed by atoms with E-state index in [0.717, 1.165) is 78.2 Å². The molecule has 1 aliphatic rings. The van der Waals surface area contributed by atoms with E-state index in [1.807, 2.05) is 0 Å². The summed E-state index contributed by atoms with van der Waals surface area (Å²) < 4.78 is 2.38.